The van der Waals surface area contributed by atoms with Gasteiger partial charge in [0.2, 0.25) is 0 Å². The summed E-state index contributed by atoms with van der Waals surface area (Å²) in [6, 6.07) is 1.66. The Morgan fingerprint density at radius 2 is 0.848 bits per heavy atom. The minimum absolute atomic E-state index is 0.832. The van der Waals surface area contributed by atoms with Crippen molar-refractivity contribution in [2.24, 2.45) is 5.73 Å². The summed E-state index contributed by atoms with van der Waals surface area (Å²) in [7, 11) is 0. The van der Waals surface area contributed by atoms with Gasteiger partial charge in [-0.05, 0) is 52.6 Å². The van der Waals surface area contributed by atoms with E-state index in [0.717, 1.165) is 18.6 Å². The summed E-state index contributed by atoms with van der Waals surface area (Å²) in [5, 5.41) is 0. The first kappa shape index (κ1) is 35.1. The molecule has 1 rings (SSSR count). The maximum absolute atomic E-state index is 5.14. The van der Waals surface area contributed by atoms with E-state index in [1.165, 1.54) is 141 Å². The summed E-state index contributed by atoms with van der Waals surface area (Å²) < 4.78 is 0. The van der Waals surface area contributed by atoms with Crippen LogP contribution in [-0.4, -0.2) is 30.1 Å². The molecule has 2 nitrogen and oxygen atoms in total. The third-order valence-electron chi connectivity index (χ3n) is 7.16. The van der Waals surface area contributed by atoms with Crippen molar-refractivity contribution < 1.29 is 0 Å². The summed E-state index contributed by atoms with van der Waals surface area (Å²) >= 11 is 0. The van der Waals surface area contributed by atoms with E-state index in [1.807, 2.05) is 0 Å². The van der Waals surface area contributed by atoms with Crippen LogP contribution in [0.1, 0.15) is 176 Å². The minimum atomic E-state index is 0.832. The van der Waals surface area contributed by atoms with Crippen molar-refractivity contribution in [2.45, 2.75) is 188 Å². The second-order valence-corrected chi connectivity index (χ2v) is 10.6. The van der Waals surface area contributed by atoms with Gasteiger partial charge in [-0.15, -0.1) is 0 Å². The fourth-order valence-electron chi connectivity index (χ4n) is 4.76. The fraction of sp³-hybridized carbons (Fsp3) is 1.00. The molecule has 2 heteroatoms. The lowest BCUT2D eigenvalue weighted by atomic mass is 9.97. The highest BCUT2D eigenvalue weighted by Gasteiger charge is 2.23. The molecule has 0 aliphatic carbocycles. The highest BCUT2D eigenvalue weighted by atomic mass is 15.2. The first-order valence-electron chi connectivity index (χ1n) is 15.5. The van der Waals surface area contributed by atoms with Gasteiger partial charge in [0.25, 0.3) is 0 Å². The molecular formula is C31H68N2. The van der Waals surface area contributed by atoms with Crippen LogP contribution in [0.5, 0.6) is 0 Å². The molecule has 1 aliphatic rings. The molecule has 202 valence electrons. The van der Waals surface area contributed by atoms with Crippen LogP contribution in [0.25, 0.3) is 0 Å². The molecule has 1 heterocycles. The number of nitrogens with two attached hydrogens (primary N) is 1. The summed E-state index contributed by atoms with van der Waals surface area (Å²) in [5.74, 6) is 0. The molecular weight excluding hydrogens is 400 g/mol. The molecule has 0 radical (unpaired) electrons. The predicted molar refractivity (Wildman–Crippen MR) is 154 cm³/mol. The normalized spacial score (nSPS) is 18.3. The first-order chi connectivity index (χ1) is 16.1. The SMILES string of the molecule is CCCCCCCCCC.CCCCCCCCCCN1C(C)CCCC1C.CCCCN. The van der Waals surface area contributed by atoms with Gasteiger partial charge in [0.05, 0.1) is 0 Å². The van der Waals surface area contributed by atoms with E-state index < -0.39 is 0 Å². The smallest absolute Gasteiger partial charge is 0.00697 e. The molecule has 0 spiro atoms. The molecule has 0 aromatic carbocycles. The van der Waals surface area contributed by atoms with E-state index in [4.69, 9.17) is 5.73 Å². The number of piperidine rings is 1. The van der Waals surface area contributed by atoms with Crippen LogP contribution in [0.15, 0.2) is 0 Å². The Hall–Kier alpha value is -0.0800. The molecule has 0 aromatic rings. The molecule has 1 aliphatic heterocycles. The van der Waals surface area contributed by atoms with Crippen LogP contribution in [0, 0.1) is 0 Å². The Bertz CT molecular complexity index is 311. The molecule has 2 N–H and O–H groups in total. The third kappa shape index (κ3) is 26.4. The molecule has 0 saturated carbocycles. The van der Waals surface area contributed by atoms with Crippen LogP contribution < -0.4 is 5.73 Å². The molecule has 2 unspecified atom stereocenters. The van der Waals surface area contributed by atoms with E-state index in [-0.39, 0.29) is 0 Å². The van der Waals surface area contributed by atoms with Crippen molar-refractivity contribution in [1.82, 2.24) is 4.90 Å². The molecule has 33 heavy (non-hydrogen) atoms. The Morgan fingerprint density at radius 1 is 0.515 bits per heavy atom. The molecule has 0 bridgehead atoms. The Kier molecular flexibility index (Phi) is 31.8. The molecule has 0 aromatic heterocycles. The molecule has 1 saturated heterocycles. The summed E-state index contributed by atoms with van der Waals surface area (Å²) in [6.07, 6.45) is 29.6. The van der Waals surface area contributed by atoms with Gasteiger partial charge in [-0.2, -0.15) is 0 Å². The standard InChI is InChI=1S/C17H35N.C10H22.C4H11N/c1-4-5-6-7-8-9-10-11-15-18-16(2)13-12-14-17(18)3;1-3-5-7-9-10-8-6-4-2;1-2-3-4-5/h16-17H,4-15H2,1-3H3;3-10H2,1-2H3;2-5H2,1H3. The van der Waals surface area contributed by atoms with E-state index in [9.17, 15) is 0 Å². The van der Waals surface area contributed by atoms with E-state index in [1.54, 1.807) is 0 Å². The largest absolute Gasteiger partial charge is 0.330 e. The van der Waals surface area contributed by atoms with E-state index in [2.05, 4.69) is 46.4 Å². The van der Waals surface area contributed by atoms with Crippen molar-refractivity contribution in [1.29, 1.82) is 0 Å². The predicted octanol–water partition coefficient (Wildman–Crippen LogP) is 10.3. The highest BCUT2D eigenvalue weighted by molar-refractivity contribution is 4.79. The second kappa shape index (κ2) is 30.0. The molecule has 0 amide bonds. The Morgan fingerprint density at radius 3 is 1.15 bits per heavy atom. The van der Waals surface area contributed by atoms with Gasteiger partial charge >= 0.3 is 0 Å². The van der Waals surface area contributed by atoms with Gasteiger partial charge < -0.3 is 5.73 Å². The monoisotopic (exact) mass is 469 g/mol. The lowest BCUT2D eigenvalue weighted by molar-refractivity contribution is 0.101. The van der Waals surface area contributed by atoms with Crippen LogP contribution >= 0.6 is 0 Å². The third-order valence-corrected chi connectivity index (χ3v) is 7.16. The van der Waals surface area contributed by atoms with Gasteiger partial charge in [0.15, 0.2) is 0 Å². The van der Waals surface area contributed by atoms with Gasteiger partial charge in [-0.3, -0.25) is 4.90 Å². The highest BCUT2D eigenvalue weighted by Crippen LogP contribution is 2.23. The lowest BCUT2D eigenvalue weighted by Gasteiger charge is -2.39. The van der Waals surface area contributed by atoms with E-state index >= 15 is 0 Å². The number of nitrogens with zero attached hydrogens (tertiary/aromatic N) is 1. The van der Waals surface area contributed by atoms with Gasteiger partial charge in [-0.25, -0.2) is 0 Å². The first-order valence-corrected chi connectivity index (χ1v) is 15.5. The van der Waals surface area contributed by atoms with Crippen LogP contribution in [0.2, 0.25) is 0 Å². The average Bonchev–Trinajstić information content (AvgIpc) is 2.81. The Labute approximate surface area is 212 Å². The van der Waals surface area contributed by atoms with Gasteiger partial charge in [-0.1, -0.05) is 137 Å². The fourth-order valence-corrected chi connectivity index (χ4v) is 4.76. The summed E-state index contributed by atoms with van der Waals surface area (Å²) in [4.78, 5) is 2.75. The lowest BCUT2D eigenvalue weighted by Crippen LogP contribution is -2.44. The van der Waals surface area contributed by atoms with Crippen LogP contribution in [-0.2, 0) is 0 Å². The maximum Gasteiger partial charge on any atom is 0.00697 e. The molecule has 1 fully saturated rings. The second-order valence-electron chi connectivity index (χ2n) is 10.6. The Balaban J connectivity index is 0. The molecule has 2 atom stereocenters. The number of rotatable bonds is 18. The zero-order valence-electron chi connectivity index (χ0n) is 24.4. The number of hydrogen-bond acceptors (Lipinski definition) is 2. The van der Waals surface area contributed by atoms with E-state index in [0.29, 0.717) is 0 Å². The number of likely N-dealkylation sites (tertiary alicyclic amines) is 1. The van der Waals surface area contributed by atoms with Crippen molar-refractivity contribution in [3.8, 4) is 0 Å². The van der Waals surface area contributed by atoms with Crippen LogP contribution in [0.3, 0.4) is 0 Å². The summed E-state index contributed by atoms with van der Waals surface area (Å²) in [6.45, 7) is 16.0. The number of hydrogen-bond donors (Lipinski definition) is 1. The topological polar surface area (TPSA) is 29.3 Å². The zero-order chi connectivity index (χ0) is 25.0. The van der Waals surface area contributed by atoms with Crippen LogP contribution in [0.4, 0.5) is 0 Å². The summed E-state index contributed by atoms with van der Waals surface area (Å²) in [5.41, 5.74) is 5.14. The van der Waals surface area contributed by atoms with Crippen molar-refractivity contribution >= 4 is 0 Å². The van der Waals surface area contributed by atoms with Gasteiger partial charge in [0.1, 0.15) is 0 Å². The maximum atomic E-state index is 5.14. The van der Waals surface area contributed by atoms with Crippen molar-refractivity contribution in [3.05, 3.63) is 0 Å². The van der Waals surface area contributed by atoms with Gasteiger partial charge in [0, 0.05) is 12.1 Å². The van der Waals surface area contributed by atoms with Crippen molar-refractivity contribution in [2.75, 3.05) is 13.1 Å². The minimum Gasteiger partial charge on any atom is -0.330 e. The quantitative estimate of drug-likeness (QED) is 0.203. The van der Waals surface area contributed by atoms with Crippen molar-refractivity contribution in [3.63, 3.8) is 0 Å². The average molecular weight is 469 g/mol. The number of unbranched alkanes of at least 4 members (excludes halogenated alkanes) is 15. The zero-order valence-corrected chi connectivity index (χ0v) is 24.4.